The Morgan fingerprint density at radius 3 is 2.78 bits per heavy atom. The molecule has 0 spiro atoms. The predicted octanol–water partition coefficient (Wildman–Crippen LogP) is 3.39. The van der Waals surface area contributed by atoms with Gasteiger partial charge in [-0.1, -0.05) is 0 Å². The molecule has 0 radical (unpaired) electrons. The minimum atomic E-state index is -0.423. The summed E-state index contributed by atoms with van der Waals surface area (Å²) >= 11 is 0. The van der Waals surface area contributed by atoms with Gasteiger partial charge in [-0.3, -0.25) is 0 Å². The Labute approximate surface area is 140 Å². The fourth-order valence-corrected chi connectivity index (χ4v) is 2.86. The number of aryl methyl sites for hydroxylation is 1. The lowest BCUT2D eigenvalue weighted by molar-refractivity contribution is 0.0256. The summed E-state index contributed by atoms with van der Waals surface area (Å²) < 4.78 is 7.67. The van der Waals surface area contributed by atoms with E-state index in [1.165, 1.54) is 5.56 Å². The summed E-state index contributed by atoms with van der Waals surface area (Å²) in [6.45, 7) is 11.3. The van der Waals surface area contributed by atoms with Crippen LogP contribution in [0.1, 0.15) is 52.5 Å². The molecule has 23 heavy (non-hydrogen) atoms. The molecule has 2 heterocycles. The van der Waals surface area contributed by atoms with E-state index in [4.69, 9.17) is 4.74 Å². The average Bonchev–Trinajstić information content (AvgIpc) is 2.80. The van der Waals surface area contributed by atoms with Crippen LogP contribution in [-0.2, 0) is 17.8 Å². The van der Waals surface area contributed by atoms with E-state index in [0.29, 0.717) is 6.04 Å². The van der Waals surface area contributed by atoms with Gasteiger partial charge in [0, 0.05) is 44.6 Å². The number of hydrogen-bond acceptors (Lipinski definition) is 3. The molecule has 1 amide bonds. The van der Waals surface area contributed by atoms with Crippen LogP contribution in [0.5, 0.6) is 0 Å². The van der Waals surface area contributed by atoms with Crippen molar-refractivity contribution in [2.24, 2.45) is 0 Å². The van der Waals surface area contributed by atoms with E-state index in [2.05, 4.69) is 35.3 Å². The Bertz CT molecular complexity index is 505. The number of nitrogens with one attached hydrogen (secondary N) is 1. The van der Waals surface area contributed by atoms with Crippen molar-refractivity contribution in [3.63, 3.8) is 0 Å². The number of aromatic nitrogens is 1. The van der Waals surface area contributed by atoms with Crippen molar-refractivity contribution in [3.8, 4) is 0 Å². The Morgan fingerprint density at radius 2 is 2.13 bits per heavy atom. The molecule has 1 saturated heterocycles. The monoisotopic (exact) mass is 321 g/mol. The Kier molecular flexibility index (Phi) is 6.10. The van der Waals surface area contributed by atoms with Gasteiger partial charge in [0.1, 0.15) is 5.60 Å². The van der Waals surface area contributed by atoms with E-state index < -0.39 is 5.60 Å². The number of rotatable bonds is 4. The van der Waals surface area contributed by atoms with Crippen molar-refractivity contribution < 1.29 is 9.53 Å². The van der Waals surface area contributed by atoms with Crippen LogP contribution < -0.4 is 5.32 Å². The second kappa shape index (κ2) is 7.86. The van der Waals surface area contributed by atoms with Gasteiger partial charge in [-0.15, -0.1) is 0 Å². The molecular weight excluding hydrogens is 290 g/mol. The van der Waals surface area contributed by atoms with Gasteiger partial charge in [-0.05, 0) is 58.6 Å². The molecule has 5 heteroatoms. The first-order chi connectivity index (χ1) is 10.9. The van der Waals surface area contributed by atoms with E-state index in [0.717, 1.165) is 45.4 Å². The average molecular weight is 321 g/mol. The molecule has 1 fully saturated rings. The number of nitrogens with zero attached hydrogens (tertiary/aromatic N) is 2. The third kappa shape index (κ3) is 5.90. The molecule has 1 aliphatic rings. The van der Waals surface area contributed by atoms with Crippen LogP contribution >= 0.6 is 0 Å². The molecule has 1 aliphatic heterocycles. The number of ether oxygens (including phenoxy) is 1. The fourth-order valence-electron chi connectivity index (χ4n) is 2.86. The second-order valence-corrected chi connectivity index (χ2v) is 7.33. The van der Waals surface area contributed by atoms with Gasteiger partial charge in [0.25, 0.3) is 0 Å². The molecule has 2 rings (SSSR count). The Balaban J connectivity index is 1.78. The molecule has 0 saturated carbocycles. The number of likely N-dealkylation sites (tertiary alicyclic amines) is 1. The molecule has 0 aromatic carbocycles. The van der Waals surface area contributed by atoms with Gasteiger partial charge in [0.15, 0.2) is 0 Å². The van der Waals surface area contributed by atoms with Crippen molar-refractivity contribution in [2.75, 3.05) is 13.1 Å². The topological polar surface area (TPSA) is 46.5 Å². The predicted molar refractivity (Wildman–Crippen MR) is 92.4 cm³/mol. The zero-order valence-electron chi connectivity index (χ0n) is 15.0. The normalized spacial score (nSPS) is 19.5. The standard InChI is InChI=1S/C18H31N3O2/c1-5-20-11-8-15(14-20)13-19-16-7-6-10-21(12-9-16)17(22)23-18(2,3)4/h8,11,14,16,19H,5-7,9-10,12-13H2,1-4H3. The minimum Gasteiger partial charge on any atom is -0.444 e. The van der Waals surface area contributed by atoms with E-state index in [-0.39, 0.29) is 6.09 Å². The van der Waals surface area contributed by atoms with Crippen LogP contribution in [0, 0.1) is 0 Å². The van der Waals surface area contributed by atoms with Crippen LogP contribution in [0.4, 0.5) is 4.79 Å². The highest BCUT2D eigenvalue weighted by Crippen LogP contribution is 2.16. The van der Waals surface area contributed by atoms with Gasteiger partial charge in [-0.25, -0.2) is 4.79 Å². The maximum Gasteiger partial charge on any atom is 0.410 e. The molecule has 1 N–H and O–H groups in total. The van der Waals surface area contributed by atoms with Crippen LogP contribution in [-0.4, -0.2) is 40.3 Å². The number of carbonyl (C=O) groups is 1. The second-order valence-electron chi connectivity index (χ2n) is 7.33. The highest BCUT2D eigenvalue weighted by atomic mass is 16.6. The van der Waals surface area contributed by atoms with Gasteiger partial charge in [0.2, 0.25) is 0 Å². The largest absolute Gasteiger partial charge is 0.444 e. The lowest BCUT2D eigenvalue weighted by atomic mass is 10.1. The molecule has 1 aromatic rings. The molecule has 1 unspecified atom stereocenters. The molecule has 1 aromatic heterocycles. The lowest BCUT2D eigenvalue weighted by Crippen LogP contribution is -2.38. The zero-order valence-corrected chi connectivity index (χ0v) is 15.0. The van der Waals surface area contributed by atoms with Crippen molar-refractivity contribution in [1.82, 2.24) is 14.8 Å². The molecule has 5 nitrogen and oxygen atoms in total. The number of hydrogen-bond donors (Lipinski definition) is 1. The quantitative estimate of drug-likeness (QED) is 0.924. The SMILES string of the molecule is CCn1ccc(CNC2CCCN(C(=O)OC(C)(C)C)CC2)c1. The summed E-state index contributed by atoms with van der Waals surface area (Å²) in [4.78, 5) is 14.0. The minimum absolute atomic E-state index is 0.182. The van der Waals surface area contributed by atoms with E-state index >= 15 is 0 Å². The first-order valence-corrected chi connectivity index (χ1v) is 8.73. The summed E-state index contributed by atoms with van der Waals surface area (Å²) in [7, 11) is 0. The molecule has 1 atom stereocenters. The number of carbonyl (C=O) groups excluding carboxylic acids is 1. The Hall–Kier alpha value is -1.49. The highest BCUT2D eigenvalue weighted by Gasteiger charge is 2.25. The molecule has 0 bridgehead atoms. The highest BCUT2D eigenvalue weighted by molar-refractivity contribution is 5.68. The van der Waals surface area contributed by atoms with Crippen LogP contribution in [0.3, 0.4) is 0 Å². The van der Waals surface area contributed by atoms with Crippen molar-refractivity contribution in [3.05, 3.63) is 24.0 Å². The van der Waals surface area contributed by atoms with E-state index in [1.54, 1.807) is 0 Å². The molecular formula is C18H31N3O2. The van der Waals surface area contributed by atoms with Gasteiger partial charge in [-0.2, -0.15) is 0 Å². The Morgan fingerprint density at radius 1 is 1.35 bits per heavy atom. The smallest absolute Gasteiger partial charge is 0.410 e. The van der Waals surface area contributed by atoms with E-state index in [1.807, 2.05) is 25.7 Å². The summed E-state index contributed by atoms with van der Waals surface area (Å²) in [6, 6.07) is 2.63. The van der Waals surface area contributed by atoms with Crippen LogP contribution in [0.25, 0.3) is 0 Å². The summed E-state index contributed by atoms with van der Waals surface area (Å²) in [5.74, 6) is 0. The van der Waals surface area contributed by atoms with Crippen LogP contribution in [0.2, 0.25) is 0 Å². The lowest BCUT2D eigenvalue weighted by Gasteiger charge is -2.26. The summed E-state index contributed by atoms with van der Waals surface area (Å²) in [6.07, 6.45) is 7.23. The summed E-state index contributed by atoms with van der Waals surface area (Å²) in [5.41, 5.74) is 0.896. The zero-order chi connectivity index (χ0) is 16.9. The van der Waals surface area contributed by atoms with Crippen molar-refractivity contribution >= 4 is 6.09 Å². The van der Waals surface area contributed by atoms with E-state index in [9.17, 15) is 4.79 Å². The first-order valence-electron chi connectivity index (χ1n) is 8.73. The molecule has 0 aliphatic carbocycles. The van der Waals surface area contributed by atoms with Gasteiger partial charge < -0.3 is 19.5 Å². The van der Waals surface area contributed by atoms with Gasteiger partial charge >= 0.3 is 6.09 Å². The summed E-state index contributed by atoms with van der Waals surface area (Å²) in [5, 5.41) is 3.63. The van der Waals surface area contributed by atoms with Crippen LogP contribution in [0.15, 0.2) is 18.5 Å². The van der Waals surface area contributed by atoms with Gasteiger partial charge in [0.05, 0.1) is 0 Å². The van der Waals surface area contributed by atoms with Crippen molar-refractivity contribution in [2.45, 2.75) is 71.7 Å². The third-order valence-corrected chi connectivity index (χ3v) is 4.15. The maximum absolute atomic E-state index is 12.2. The maximum atomic E-state index is 12.2. The van der Waals surface area contributed by atoms with Crippen molar-refractivity contribution in [1.29, 1.82) is 0 Å². The first kappa shape index (κ1) is 17.9. The number of amides is 1. The fraction of sp³-hybridized carbons (Fsp3) is 0.722. The molecule has 130 valence electrons. The third-order valence-electron chi connectivity index (χ3n) is 4.15.